The molecule has 0 bridgehead atoms. The number of methoxy groups -OCH3 is 2. The summed E-state index contributed by atoms with van der Waals surface area (Å²) in [7, 11) is 2.53. The Morgan fingerprint density at radius 3 is 2.06 bits per heavy atom. The van der Waals surface area contributed by atoms with E-state index in [0.717, 1.165) is 0 Å². The Morgan fingerprint density at radius 1 is 1.12 bits per heavy atom. The van der Waals surface area contributed by atoms with Crippen LogP contribution in [0.4, 0.5) is 0 Å². The van der Waals surface area contributed by atoms with Crippen LogP contribution in [0.15, 0.2) is 10.2 Å². The van der Waals surface area contributed by atoms with Crippen molar-refractivity contribution >= 4 is 11.9 Å². The molecule has 0 aromatic rings. The van der Waals surface area contributed by atoms with Gasteiger partial charge in [0.2, 0.25) is 0 Å². The molecule has 0 N–H and O–H groups in total. The highest BCUT2D eigenvalue weighted by molar-refractivity contribution is 5.92. The van der Waals surface area contributed by atoms with Crippen molar-refractivity contribution in [1.29, 1.82) is 0 Å². The summed E-state index contributed by atoms with van der Waals surface area (Å²) in [5.41, 5.74) is -2.46. The van der Waals surface area contributed by atoms with E-state index in [-0.39, 0.29) is 0 Å². The number of hydrogen-bond donors (Lipinski definition) is 0. The normalized spacial score (nSPS) is 37.2. The fourth-order valence-electron chi connectivity index (χ4n) is 1.86. The van der Waals surface area contributed by atoms with E-state index in [0.29, 0.717) is 0 Å². The molecule has 1 rings (SSSR count). The van der Waals surface area contributed by atoms with Crippen molar-refractivity contribution in [1.82, 2.24) is 0 Å². The molecule has 6 heteroatoms. The topological polar surface area (TPSA) is 77.3 Å². The Kier molecular flexibility index (Phi) is 3.03. The van der Waals surface area contributed by atoms with Crippen molar-refractivity contribution < 1.29 is 19.1 Å². The molecule has 0 saturated heterocycles. The van der Waals surface area contributed by atoms with Gasteiger partial charge in [0.25, 0.3) is 0 Å². The molecule has 16 heavy (non-hydrogen) atoms. The van der Waals surface area contributed by atoms with E-state index < -0.39 is 28.9 Å². The third-order valence-electron chi connectivity index (χ3n) is 3.47. The minimum Gasteiger partial charge on any atom is -0.468 e. The molecule has 90 valence electrons. The van der Waals surface area contributed by atoms with E-state index in [9.17, 15) is 9.59 Å². The molecule has 0 saturated carbocycles. The third kappa shape index (κ3) is 1.32. The van der Waals surface area contributed by atoms with Crippen LogP contribution in [0.3, 0.4) is 0 Å². The number of ether oxygens (including phenoxy) is 2. The summed E-state index contributed by atoms with van der Waals surface area (Å²) in [6.45, 7) is 4.86. The molecule has 0 unspecified atom stereocenters. The molecular formula is C10H16N2O4. The molecule has 0 aliphatic carbocycles. The van der Waals surface area contributed by atoms with E-state index in [2.05, 4.69) is 15.0 Å². The fourth-order valence-corrected chi connectivity index (χ4v) is 1.86. The summed E-state index contributed by atoms with van der Waals surface area (Å²) in [6, 6.07) is -0.427. The number of hydrogen-bond acceptors (Lipinski definition) is 6. The zero-order valence-electron chi connectivity index (χ0n) is 10.1. The lowest BCUT2D eigenvalue weighted by atomic mass is 9.69. The number of carbonyl (C=O) groups excluding carboxylic acids is 2. The first-order valence-corrected chi connectivity index (χ1v) is 4.93. The molecule has 0 aromatic carbocycles. The van der Waals surface area contributed by atoms with Gasteiger partial charge in [0.1, 0.15) is 5.41 Å². The van der Waals surface area contributed by atoms with Crippen molar-refractivity contribution in [3.05, 3.63) is 0 Å². The number of esters is 2. The van der Waals surface area contributed by atoms with E-state index in [1.165, 1.54) is 21.1 Å². The molecular weight excluding hydrogens is 212 g/mol. The lowest BCUT2D eigenvalue weighted by Gasteiger charge is -2.34. The molecule has 1 aliphatic rings. The molecule has 0 aromatic heterocycles. The first-order valence-electron chi connectivity index (χ1n) is 4.93. The van der Waals surface area contributed by atoms with Crippen molar-refractivity contribution in [3.63, 3.8) is 0 Å². The van der Waals surface area contributed by atoms with Crippen LogP contribution >= 0.6 is 0 Å². The predicted octanol–water partition coefficient (Wildman–Crippen LogP) is 0.952. The largest absolute Gasteiger partial charge is 0.468 e. The van der Waals surface area contributed by atoms with Gasteiger partial charge in [0, 0.05) is 0 Å². The Bertz CT molecular complexity index is 355. The van der Waals surface area contributed by atoms with Crippen LogP contribution < -0.4 is 0 Å². The van der Waals surface area contributed by atoms with Gasteiger partial charge in [-0.2, -0.15) is 10.2 Å². The van der Waals surface area contributed by atoms with Crippen molar-refractivity contribution in [2.45, 2.75) is 32.4 Å². The summed E-state index contributed by atoms with van der Waals surface area (Å²) >= 11 is 0. The first-order chi connectivity index (χ1) is 7.34. The SMILES string of the molecule is COC(=O)[C@]1(C)N=N[C@@H](C)[C@@]1(C)C(=O)OC. The van der Waals surface area contributed by atoms with Crippen LogP contribution in [0, 0.1) is 5.41 Å². The lowest BCUT2D eigenvalue weighted by Crippen LogP contribution is -2.55. The second-order valence-corrected chi connectivity index (χ2v) is 4.15. The second-order valence-electron chi connectivity index (χ2n) is 4.15. The maximum Gasteiger partial charge on any atom is 0.336 e. The van der Waals surface area contributed by atoms with Crippen LogP contribution in [0.2, 0.25) is 0 Å². The third-order valence-corrected chi connectivity index (χ3v) is 3.47. The van der Waals surface area contributed by atoms with E-state index in [1.54, 1.807) is 13.8 Å². The van der Waals surface area contributed by atoms with Gasteiger partial charge in [0.15, 0.2) is 5.54 Å². The van der Waals surface area contributed by atoms with Crippen molar-refractivity contribution in [2.75, 3.05) is 14.2 Å². The van der Waals surface area contributed by atoms with E-state index in [1.807, 2.05) is 0 Å². The minimum atomic E-state index is -1.33. The van der Waals surface area contributed by atoms with Gasteiger partial charge >= 0.3 is 11.9 Å². The predicted molar refractivity (Wildman–Crippen MR) is 54.9 cm³/mol. The molecule has 6 nitrogen and oxygen atoms in total. The number of azo groups is 1. The van der Waals surface area contributed by atoms with E-state index in [4.69, 9.17) is 4.74 Å². The average Bonchev–Trinajstić information content (AvgIpc) is 2.53. The highest BCUT2D eigenvalue weighted by Gasteiger charge is 2.64. The number of nitrogens with zero attached hydrogens (tertiary/aromatic N) is 2. The van der Waals surface area contributed by atoms with Gasteiger partial charge in [-0.15, -0.1) is 0 Å². The Labute approximate surface area is 94.0 Å². The zero-order valence-corrected chi connectivity index (χ0v) is 10.1. The molecule has 0 amide bonds. The van der Waals surface area contributed by atoms with Gasteiger partial charge < -0.3 is 9.47 Å². The highest BCUT2D eigenvalue weighted by atomic mass is 16.5. The highest BCUT2D eigenvalue weighted by Crippen LogP contribution is 2.46. The monoisotopic (exact) mass is 228 g/mol. The number of rotatable bonds is 2. The second kappa shape index (κ2) is 3.84. The van der Waals surface area contributed by atoms with Crippen LogP contribution in [-0.2, 0) is 19.1 Å². The van der Waals surface area contributed by atoms with Crippen LogP contribution in [0.1, 0.15) is 20.8 Å². The van der Waals surface area contributed by atoms with Crippen LogP contribution in [-0.4, -0.2) is 37.7 Å². The molecule has 0 radical (unpaired) electrons. The van der Waals surface area contributed by atoms with Crippen molar-refractivity contribution in [3.8, 4) is 0 Å². The first kappa shape index (κ1) is 12.6. The average molecular weight is 228 g/mol. The molecule has 1 aliphatic heterocycles. The summed E-state index contributed by atoms with van der Waals surface area (Å²) in [4.78, 5) is 23.6. The summed E-state index contributed by atoms with van der Waals surface area (Å²) in [6.07, 6.45) is 0. The Balaban J connectivity index is 3.24. The van der Waals surface area contributed by atoms with Gasteiger partial charge in [-0.1, -0.05) is 0 Å². The van der Waals surface area contributed by atoms with E-state index >= 15 is 0 Å². The van der Waals surface area contributed by atoms with Crippen molar-refractivity contribution in [2.24, 2.45) is 15.6 Å². The van der Waals surface area contributed by atoms with Gasteiger partial charge in [0.05, 0.1) is 20.3 Å². The van der Waals surface area contributed by atoms with Crippen LogP contribution in [0.25, 0.3) is 0 Å². The standard InChI is InChI=1S/C10H16N2O4/c1-6-9(2,7(13)15-4)10(3,12-11-6)8(14)16-5/h6H,1-5H3/t6-,9-,10-/m0/s1. The van der Waals surface area contributed by atoms with Gasteiger partial charge in [-0.25, -0.2) is 4.79 Å². The fraction of sp³-hybridized carbons (Fsp3) is 0.800. The molecule has 0 spiro atoms. The summed E-state index contributed by atoms with van der Waals surface area (Å²) in [5.74, 6) is -1.11. The summed E-state index contributed by atoms with van der Waals surface area (Å²) in [5, 5.41) is 7.80. The maximum absolute atomic E-state index is 11.8. The summed E-state index contributed by atoms with van der Waals surface area (Å²) < 4.78 is 9.41. The zero-order chi connectivity index (χ0) is 12.6. The number of carbonyl (C=O) groups is 2. The van der Waals surface area contributed by atoms with Gasteiger partial charge in [-0.05, 0) is 20.8 Å². The molecule has 1 heterocycles. The molecule has 3 atom stereocenters. The van der Waals surface area contributed by atoms with Gasteiger partial charge in [-0.3, -0.25) is 4.79 Å². The quantitative estimate of drug-likeness (QED) is 0.659. The Hall–Kier alpha value is -1.46. The smallest absolute Gasteiger partial charge is 0.336 e. The van der Waals surface area contributed by atoms with Crippen LogP contribution in [0.5, 0.6) is 0 Å². The lowest BCUT2D eigenvalue weighted by molar-refractivity contribution is -0.165. The molecule has 0 fully saturated rings. The maximum atomic E-state index is 11.8. The minimum absolute atomic E-state index is 0.427. The Morgan fingerprint density at radius 2 is 1.62 bits per heavy atom.